The second kappa shape index (κ2) is 8.84. The van der Waals surface area contributed by atoms with Crippen molar-refractivity contribution in [1.82, 2.24) is 5.32 Å². The molecular weight excluding hydrogens is 423 g/mol. The number of para-hydroxylation sites is 1. The molecule has 1 fully saturated rings. The fourth-order valence-electron chi connectivity index (χ4n) is 4.52. The summed E-state index contributed by atoms with van der Waals surface area (Å²) in [5.74, 6) is 0.0604. The van der Waals surface area contributed by atoms with Crippen LogP contribution in [0.3, 0.4) is 0 Å². The van der Waals surface area contributed by atoms with Crippen molar-refractivity contribution >= 4 is 33.5 Å². The van der Waals surface area contributed by atoms with Gasteiger partial charge in [-0.15, -0.1) is 0 Å². The number of ether oxygens (including phenoxy) is 2. The van der Waals surface area contributed by atoms with E-state index in [1.54, 1.807) is 25.3 Å². The number of amides is 1. The Bertz CT molecular complexity index is 1290. The summed E-state index contributed by atoms with van der Waals surface area (Å²) in [7, 11) is 1.57. The van der Waals surface area contributed by atoms with Crippen LogP contribution in [-0.2, 0) is 15.1 Å². The number of furan rings is 1. The molecule has 4 aromatic rings. The van der Waals surface area contributed by atoms with Crippen LogP contribution in [0.2, 0.25) is 0 Å². The largest absolute Gasteiger partial charge is 0.495 e. The number of fused-ring (bicyclic) bond motifs is 3. The van der Waals surface area contributed by atoms with Crippen LogP contribution in [0, 0.1) is 5.82 Å². The first kappa shape index (κ1) is 21.4. The third-order valence-electron chi connectivity index (χ3n) is 6.30. The third-order valence-corrected chi connectivity index (χ3v) is 6.30. The van der Waals surface area contributed by atoms with Gasteiger partial charge in [0.15, 0.2) is 0 Å². The summed E-state index contributed by atoms with van der Waals surface area (Å²) in [6.45, 7) is 1.23. The lowest BCUT2D eigenvalue weighted by Gasteiger charge is -2.38. The highest BCUT2D eigenvalue weighted by molar-refractivity contribution is 6.07. The normalized spacial score (nSPS) is 15.6. The number of halogens is 1. The van der Waals surface area contributed by atoms with Gasteiger partial charge in [0.2, 0.25) is 5.91 Å². The average molecular weight is 448 g/mol. The number of carbonyl (C=O) groups is 1. The summed E-state index contributed by atoms with van der Waals surface area (Å²) in [4.78, 5) is 12.9. The van der Waals surface area contributed by atoms with Crippen molar-refractivity contribution in [2.24, 2.45) is 0 Å². The van der Waals surface area contributed by atoms with Gasteiger partial charge in [0.1, 0.15) is 22.7 Å². The highest BCUT2D eigenvalue weighted by Gasteiger charge is 2.34. The smallest absolute Gasteiger partial charge is 0.238 e. The monoisotopic (exact) mass is 448 g/mol. The number of hydrogen-bond acceptors (Lipinski definition) is 5. The van der Waals surface area contributed by atoms with Gasteiger partial charge in [0.05, 0.1) is 19.3 Å². The number of carbonyl (C=O) groups excluding carboxylic acids is 1. The van der Waals surface area contributed by atoms with Crippen LogP contribution < -0.4 is 15.4 Å². The van der Waals surface area contributed by atoms with E-state index in [1.165, 1.54) is 12.1 Å². The molecule has 0 atom stereocenters. The molecule has 3 aromatic carbocycles. The quantitative estimate of drug-likeness (QED) is 0.436. The van der Waals surface area contributed by atoms with E-state index in [1.807, 2.05) is 30.3 Å². The molecule has 2 N–H and O–H groups in total. The molecule has 1 aliphatic heterocycles. The van der Waals surface area contributed by atoms with E-state index >= 15 is 0 Å². The lowest BCUT2D eigenvalue weighted by Crippen LogP contribution is -2.49. The topological polar surface area (TPSA) is 72.7 Å². The predicted octanol–water partition coefficient (Wildman–Crippen LogP) is 4.97. The van der Waals surface area contributed by atoms with Crippen molar-refractivity contribution < 1.29 is 23.1 Å². The van der Waals surface area contributed by atoms with Gasteiger partial charge < -0.3 is 19.2 Å². The van der Waals surface area contributed by atoms with Crippen LogP contribution in [0.1, 0.15) is 18.4 Å². The molecule has 0 radical (unpaired) electrons. The highest BCUT2D eigenvalue weighted by atomic mass is 19.1. The summed E-state index contributed by atoms with van der Waals surface area (Å²) < 4.78 is 30.5. The number of benzene rings is 3. The standard InChI is InChI=1S/C26H25FN2O4/c1-31-24-14-20-19-4-2-3-5-22(19)33-23(20)15-21(24)29-25(30)16-28-26(10-12-32-13-11-26)17-6-8-18(27)9-7-17/h2-9,14-15,28H,10-13,16H2,1H3,(H,29,30). The van der Waals surface area contributed by atoms with E-state index in [-0.39, 0.29) is 18.3 Å². The van der Waals surface area contributed by atoms with E-state index in [4.69, 9.17) is 13.9 Å². The molecule has 170 valence electrons. The number of hydrogen-bond donors (Lipinski definition) is 2. The SMILES string of the molecule is COc1cc2c(cc1NC(=O)CNC1(c3ccc(F)cc3)CCOCC1)oc1ccccc12. The predicted molar refractivity (Wildman–Crippen MR) is 125 cm³/mol. The number of rotatable bonds is 6. The van der Waals surface area contributed by atoms with Crippen molar-refractivity contribution in [2.45, 2.75) is 18.4 Å². The summed E-state index contributed by atoms with van der Waals surface area (Å²) >= 11 is 0. The maximum Gasteiger partial charge on any atom is 0.238 e. The summed E-state index contributed by atoms with van der Waals surface area (Å²) in [5.41, 5.74) is 2.49. The molecule has 7 heteroatoms. The minimum absolute atomic E-state index is 0.0820. The van der Waals surface area contributed by atoms with Gasteiger partial charge in [-0.05, 0) is 42.7 Å². The van der Waals surface area contributed by atoms with E-state index in [0.29, 0.717) is 43.1 Å². The van der Waals surface area contributed by atoms with Gasteiger partial charge in [-0.25, -0.2) is 4.39 Å². The van der Waals surface area contributed by atoms with Gasteiger partial charge in [-0.2, -0.15) is 0 Å². The van der Waals surface area contributed by atoms with Gasteiger partial charge in [0, 0.05) is 35.6 Å². The minimum Gasteiger partial charge on any atom is -0.495 e. The molecule has 33 heavy (non-hydrogen) atoms. The molecule has 6 nitrogen and oxygen atoms in total. The fourth-order valence-corrected chi connectivity index (χ4v) is 4.52. The van der Waals surface area contributed by atoms with Crippen molar-refractivity contribution in [2.75, 3.05) is 32.2 Å². The summed E-state index contributed by atoms with van der Waals surface area (Å²) in [6, 6.07) is 17.9. The summed E-state index contributed by atoms with van der Waals surface area (Å²) in [6.07, 6.45) is 1.39. The van der Waals surface area contributed by atoms with Crippen molar-refractivity contribution in [3.63, 3.8) is 0 Å². The van der Waals surface area contributed by atoms with Crippen molar-refractivity contribution in [3.05, 3.63) is 72.0 Å². The molecule has 0 spiro atoms. The van der Waals surface area contributed by atoms with E-state index < -0.39 is 5.54 Å². The van der Waals surface area contributed by atoms with Gasteiger partial charge >= 0.3 is 0 Å². The van der Waals surface area contributed by atoms with Crippen LogP contribution in [0.4, 0.5) is 10.1 Å². The molecule has 1 aliphatic rings. The van der Waals surface area contributed by atoms with E-state index in [0.717, 1.165) is 21.9 Å². The minimum atomic E-state index is -0.448. The average Bonchev–Trinajstić information content (AvgIpc) is 3.20. The van der Waals surface area contributed by atoms with Gasteiger partial charge in [-0.1, -0.05) is 30.3 Å². The molecule has 5 rings (SSSR count). The zero-order chi connectivity index (χ0) is 22.8. The maximum absolute atomic E-state index is 13.5. The molecule has 2 heterocycles. The third kappa shape index (κ3) is 4.17. The van der Waals surface area contributed by atoms with E-state index in [2.05, 4.69) is 10.6 Å². The zero-order valence-electron chi connectivity index (χ0n) is 18.3. The van der Waals surface area contributed by atoms with Gasteiger partial charge in [0.25, 0.3) is 0 Å². The lowest BCUT2D eigenvalue weighted by atomic mass is 9.82. The van der Waals surface area contributed by atoms with Crippen LogP contribution in [0.15, 0.2) is 65.1 Å². The van der Waals surface area contributed by atoms with Crippen LogP contribution in [0.5, 0.6) is 5.75 Å². The molecule has 0 unspecified atom stereocenters. The Balaban J connectivity index is 1.36. The fraction of sp³-hybridized carbons (Fsp3) is 0.269. The van der Waals surface area contributed by atoms with Crippen LogP contribution in [-0.4, -0.2) is 32.8 Å². The first-order valence-corrected chi connectivity index (χ1v) is 11.0. The van der Waals surface area contributed by atoms with Crippen LogP contribution in [0.25, 0.3) is 21.9 Å². The Hall–Kier alpha value is -3.42. The molecule has 1 amide bonds. The zero-order valence-corrected chi connectivity index (χ0v) is 18.3. The summed E-state index contributed by atoms with van der Waals surface area (Å²) in [5, 5.41) is 8.26. The highest BCUT2D eigenvalue weighted by Crippen LogP contribution is 2.36. The molecule has 0 saturated carbocycles. The first-order chi connectivity index (χ1) is 16.1. The molecule has 0 bridgehead atoms. The molecule has 1 saturated heterocycles. The van der Waals surface area contributed by atoms with Gasteiger partial charge in [-0.3, -0.25) is 10.1 Å². The number of anilines is 1. The van der Waals surface area contributed by atoms with Crippen molar-refractivity contribution in [1.29, 1.82) is 0 Å². The number of methoxy groups -OCH3 is 1. The Labute approximate surface area is 190 Å². The number of nitrogens with one attached hydrogen (secondary N) is 2. The Morgan fingerprint density at radius 1 is 1.03 bits per heavy atom. The Morgan fingerprint density at radius 3 is 2.55 bits per heavy atom. The second-order valence-corrected chi connectivity index (χ2v) is 8.25. The Kier molecular flexibility index (Phi) is 5.74. The van der Waals surface area contributed by atoms with Crippen LogP contribution >= 0.6 is 0 Å². The molecular formula is C26H25FN2O4. The Morgan fingerprint density at radius 2 is 1.79 bits per heavy atom. The maximum atomic E-state index is 13.5. The molecule has 0 aliphatic carbocycles. The van der Waals surface area contributed by atoms with E-state index in [9.17, 15) is 9.18 Å². The lowest BCUT2D eigenvalue weighted by molar-refractivity contribution is -0.116. The van der Waals surface area contributed by atoms with Crippen molar-refractivity contribution in [3.8, 4) is 5.75 Å². The first-order valence-electron chi connectivity index (χ1n) is 11.0. The second-order valence-electron chi connectivity index (χ2n) is 8.25. The molecule has 1 aromatic heterocycles.